The summed E-state index contributed by atoms with van der Waals surface area (Å²) in [7, 11) is 0. The zero-order valence-corrected chi connectivity index (χ0v) is 9.45. The van der Waals surface area contributed by atoms with E-state index in [1.165, 1.54) is 4.88 Å². The van der Waals surface area contributed by atoms with Crippen LogP contribution >= 0.6 is 11.3 Å². The third kappa shape index (κ3) is 2.46. The van der Waals surface area contributed by atoms with Gasteiger partial charge in [-0.25, -0.2) is 0 Å². The minimum atomic E-state index is -0.869. The fourth-order valence-electron chi connectivity index (χ4n) is 1.23. The van der Waals surface area contributed by atoms with Crippen molar-refractivity contribution in [1.29, 1.82) is 0 Å². The lowest BCUT2D eigenvalue weighted by molar-refractivity contribution is -0.137. The van der Waals surface area contributed by atoms with E-state index in [-0.39, 0.29) is 12.8 Å². The van der Waals surface area contributed by atoms with Crippen LogP contribution in [0.2, 0.25) is 0 Å². The van der Waals surface area contributed by atoms with Gasteiger partial charge in [-0.05, 0) is 19.1 Å². The van der Waals surface area contributed by atoms with Crippen molar-refractivity contribution in [1.82, 2.24) is 10.1 Å². The first-order chi connectivity index (χ1) is 7.65. The Hall–Kier alpha value is -1.69. The van der Waals surface area contributed by atoms with E-state index in [0.717, 1.165) is 4.88 Å². The lowest BCUT2D eigenvalue weighted by Crippen LogP contribution is -1.97. The molecule has 0 radical (unpaired) electrons. The Bertz CT molecular complexity index is 504. The number of carbonyl (C=O) groups is 1. The standard InChI is InChI=1S/C10H10N2O3S/c1-6-2-3-7(16-6)10-11-8(15-12-10)4-5-9(13)14/h2-3H,4-5H2,1H3,(H,13,14). The van der Waals surface area contributed by atoms with E-state index in [4.69, 9.17) is 9.63 Å². The van der Waals surface area contributed by atoms with E-state index in [2.05, 4.69) is 10.1 Å². The van der Waals surface area contributed by atoms with Crippen LogP contribution in [0.5, 0.6) is 0 Å². The SMILES string of the molecule is Cc1ccc(-c2noc(CCC(=O)O)n2)s1. The molecule has 0 atom stereocenters. The topological polar surface area (TPSA) is 76.2 Å². The molecule has 2 rings (SSSR count). The molecule has 0 unspecified atom stereocenters. The predicted octanol–water partition coefficient (Wildman–Crippen LogP) is 2.12. The summed E-state index contributed by atoms with van der Waals surface area (Å²) in [5, 5.41) is 12.3. The zero-order chi connectivity index (χ0) is 11.5. The molecule has 84 valence electrons. The van der Waals surface area contributed by atoms with Crippen molar-refractivity contribution in [3.63, 3.8) is 0 Å². The van der Waals surface area contributed by atoms with Crippen LogP contribution in [0.25, 0.3) is 10.7 Å². The second-order valence-corrected chi connectivity index (χ2v) is 4.60. The first-order valence-electron chi connectivity index (χ1n) is 4.76. The maximum Gasteiger partial charge on any atom is 0.303 e. The second-order valence-electron chi connectivity index (χ2n) is 3.32. The number of hydrogen-bond acceptors (Lipinski definition) is 5. The molecular formula is C10H10N2O3S. The van der Waals surface area contributed by atoms with Gasteiger partial charge in [-0.15, -0.1) is 11.3 Å². The molecule has 2 aromatic heterocycles. The Morgan fingerprint density at radius 1 is 1.56 bits per heavy atom. The van der Waals surface area contributed by atoms with E-state index >= 15 is 0 Å². The molecule has 0 amide bonds. The fraction of sp³-hybridized carbons (Fsp3) is 0.300. The van der Waals surface area contributed by atoms with Gasteiger partial charge >= 0.3 is 5.97 Å². The van der Waals surface area contributed by atoms with Crippen molar-refractivity contribution in [2.45, 2.75) is 19.8 Å². The molecule has 0 aliphatic carbocycles. The molecule has 2 aromatic rings. The Morgan fingerprint density at radius 3 is 3.00 bits per heavy atom. The van der Waals surface area contributed by atoms with Gasteiger partial charge in [0.25, 0.3) is 0 Å². The molecule has 0 aromatic carbocycles. The molecule has 2 heterocycles. The molecular weight excluding hydrogens is 228 g/mol. The van der Waals surface area contributed by atoms with Crippen LogP contribution in [-0.2, 0) is 11.2 Å². The summed E-state index contributed by atoms with van der Waals surface area (Å²) in [4.78, 5) is 16.6. The number of aryl methyl sites for hydroxylation is 2. The molecule has 1 N–H and O–H groups in total. The first kappa shape index (κ1) is 10.8. The molecule has 16 heavy (non-hydrogen) atoms. The smallest absolute Gasteiger partial charge is 0.303 e. The largest absolute Gasteiger partial charge is 0.481 e. The van der Waals surface area contributed by atoms with Gasteiger partial charge in [-0.3, -0.25) is 4.79 Å². The second kappa shape index (κ2) is 4.44. The van der Waals surface area contributed by atoms with Crippen LogP contribution in [0, 0.1) is 6.92 Å². The van der Waals surface area contributed by atoms with Crippen molar-refractivity contribution in [3.05, 3.63) is 22.9 Å². The van der Waals surface area contributed by atoms with Gasteiger partial charge in [-0.2, -0.15) is 4.98 Å². The average Bonchev–Trinajstić information content (AvgIpc) is 2.83. The molecule has 5 nitrogen and oxygen atoms in total. The molecule has 0 aliphatic heterocycles. The minimum absolute atomic E-state index is 0.00506. The number of aromatic nitrogens is 2. The van der Waals surface area contributed by atoms with Gasteiger partial charge in [0.2, 0.25) is 11.7 Å². The lowest BCUT2D eigenvalue weighted by atomic mass is 10.3. The summed E-state index contributed by atoms with van der Waals surface area (Å²) in [6.45, 7) is 2.00. The Balaban J connectivity index is 2.10. The van der Waals surface area contributed by atoms with Gasteiger partial charge in [0.1, 0.15) is 0 Å². The van der Waals surface area contributed by atoms with Crippen molar-refractivity contribution in [3.8, 4) is 10.7 Å². The highest BCUT2D eigenvalue weighted by molar-refractivity contribution is 7.15. The maximum absolute atomic E-state index is 10.4. The van der Waals surface area contributed by atoms with E-state index < -0.39 is 5.97 Å². The predicted molar refractivity (Wildman–Crippen MR) is 58.3 cm³/mol. The normalized spacial score (nSPS) is 10.6. The van der Waals surface area contributed by atoms with Gasteiger partial charge < -0.3 is 9.63 Å². The summed E-state index contributed by atoms with van der Waals surface area (Å²) in [6.07, 6.45) is 0.276. The van der Waals surface area contributed by atoms with Crippen LogP contribution in [0.4, 0.5) is 0 Å². The Labute approximate surface area is 95.7 Å². The summed E-state index contributed by atoms with van der Waals surface area (Å²) in [5.41, 5.74) is 0. The number of hydrogen-bond donors (Lipinski definition) is 1. The molecule has 0 aliphatic rings. The van der Waals surface area contributed by atoms with Gasteiger partial charge in [0.05, 0.1) is 11.3 Å². The number of nitrogens with zero attached hydrogens (tertiary/aromatic N) is 2. The number of rotatable bonds is 4. The van der Waals surface area contributed by atoms with Crippen molar-refractivity contribution < 1.29 is 14.4 Å². The summed E-state index contributed by atoms with van der Waals surface area (Å²) >= 11 is 1.58. The van der Waals surface area contributed by atoms with Crippen molar-refractivity contribution in [2.75, 3.05) is 0 Å². The third-order valence-corrected chi connectivity index (χ3v) is 2.98. The summed E-state index contributed by atoms with van der Waals surface area (Å²) in [6, 6.07) is 3.90. The highest BCUT2D eigenvalue weighted by Gasteiger charge is 2.11. The monoisotopic (exact) mass is 238 g/mol. The van der Waals surface area contributed by atoms with Crippen molar-refractivity contribution in [2.24, 2.45) is 0 Å². The number of aliphatic carboxylic acids is 1. The highest BCUT2D eigenvalue weighted by atomic mass is 32.1. The van der Waals surface area contributed by atoms with Crippen LogP contribution in [0.3, 0.4) is 0 Å². The minimum Gasteiger partial charge on any atom is -0.481 e. The first-order valence-corrected chi connectivity index (χ1v) is 5.58. The maximum atomic E-state index is 10.4. The quantitative estimate of drug-likeness (QED) is 0.882. The lowest BCUT2D eigenvalue weighted by Gasteiger charge is -1.87. The Kier molecular flexibility index (Phi) is 3.00. The van der Waals surface area contributed by atoms with Gasteiger partial charge in [-0.1, -0.05) is 5.16 Å². The van der Waals surface area contributed by atoms with E-state index in [1.54, 1.807) is 11.3 Å². The van der Waals surface area contributed by atoms with Crippen LogP contribution in [0.1, 0.15) is 17.2 Å². The molecule has 0 spiro atoms. The molecule has 6 heteroatoms. The van der Waals surface area contributed by atoms with Crippen LogP contribution < -0.4 is 0 Å². The number of thiophene rings is 1. The van der Waals surface area contributed by atoms with E-state index in [1.807, 2.05) is 19.1 Å². The third-order valence-electron chi connectivity index (χ3n) is 1.98. The molecule has 0 saturated heterocycles. The van der Waals surface area contributed by atoms with Crippen LogP contribution in [-0.4, -0.2) is 21.2 Å². The highest BCUT2D eigenvalue weighted by Crippen LogP contribution is 2.25. The number of carboxylic acids is 1. The van der Waals surface area contributed by atoms with Gasteiger partial charge in [0, 0.05) is 11.3 Å². The van der Waals surface area contributed by atoms with E-state index in [9.17, 15) is 4.79 Å². The fourth-order valence-corrected chi connectivity index (χ4v) is 2.02. The zero-order valence-electron chi connectivity index (χ0n) is 8.64. The summed E-state index contributed by atoms with van der Waals surface area (Å²) in [5.74, 6) is 0.0219. The number of carboxylic acid groups (broad SMARTS) is 1. The molecule has 0 fully saturated rings. The van der Waals surface area contributed by atoms with Crippen molar-refractivity contribution >= 4 is 17.3 Å². The Morgan fingerprint density at radius 2 is 2.38 bits per heavy atom. The summed E-state index contributed by atoms with van der Waals surface area (Å²) < 4.78 is 4.96. The average molecular weight is 238 g/mol. The van der Waals surface area contributed by atoms with Gasteiger partial charge in [0.15, 0.2) is 0 Å². The molecule has 0 bridgehead atoms. The van der Waals surface area contributed by atoms with E-state index in [0.29, 0.717) is 11.7 Å². The molecule has 0 saturated carbocycles. The van der Waals surface area contributed by atoms with Crippen LogP contribution in [0.15, 0.2) is 16.7 Å².